The highest BCUT2D eigenvalue weighted by Gasteiger charge is 2.25. The zero-order valence-electron chi connectivity index (χ0n) is 12.9. The van der Waals surface area contributed by atoms with E-state index in [-0.39, 0.29) is 17.2 Å². The van der Waals surface area contributed by atoms with E-state index in [2.05, 4.69) is 4.99 Å². The lowest BCUT2D eigenvalue weighted by Crippen LogP contribution is -2.07. The van der Waals surface area contributed by atoms with E-state index in [1.165, 1.54) is 18.2 Å². The first-order valence-corrected chi connectivity index (χ1v) is 7.26. The van der Waals surface area contributed by atoms with E-state index in [1.807, 2.05) is 24.3 Å². The van der Waals surface area contributed by atoms with Crippen LogP contribution in [0.5, 0.6) is 5.75 Å². The second kappa shape index (κ2) is 6.91. The van der Waals surface area contributed by atoms with E-state index >= 15 is 0 Å². The first kappa shape index (κ1) is 15.7. The number of cyclic esters (lactones) is 1. The van der Waals surface area contributed by atoms with Crippen molar-refractivity contribution in [2.45, 2.75) is 0 Å². The average molecular weight is 323 g/mol. The Labute approximate surface area is 138 Å². The molecule has 5 heteroatoms. The predicted molar refractivity (Wildman–Crippen MR) is 89.1 cm³/mol. The minimum Gasteiger partial charge on any atom is -0.496 e. The molecule has 0 N–H and O–H groups in total. The summed E-state index contributed by atoms with van der Waals surface area (Å²) < 4.78 is 24.0. The summed E-state index contributed by atoms with van der Waals surface area (Å²) in [5.74, 6) is -0.417. The lowest BCUT2D eigenvalue weighted by atomic mass is 10.2. The van der Waals surface area contributed by atoms with E-state index in [9.17, 15) is 9.18 Å². The SMILES string of the molecule is COc1ccccc1/C=C/C=C1\N=C(c2ccccc2F)OC1=O. The fraction of sp³-hybridized carbons (Fsp3) is 0.0526. The Morgan fingerprint density at radius 3 is 2.67 bits per heavy atom. The van der Waals surface area contributed by atoms with E-state index in [0.29, 0.717) is 0 Å². The fourth-order valence-corrected chi connectivity index (χ4v) is 2.22. The Balaban J connectivity index is 1.84. The van der Waals surface area contributed by atoms with Gasteiger partial charge in [-0.15, -0.1) is 0 Å². The molecule has 0 saturated heterocycles. The standard InChI is InChI=1S/C19H14FNO3/c1-23-17-12-5-2-7-13(17)8-6-11-16-19(22)24-18(21-16)14-9-3-4-10-15(14)20/h2-12H,1H3/b8-6+,16-11-. The maximum atomic E-state index is 13.7. The minimum atomic E-state index is -0.613. The molecule has 2 aromatic carbocycles. The summed E-state index contributed by atoms with van der Waals surface area (Å²) in [5, 5.41) is 0. The van der Waals surface area contributed by atoms with Crippen molar-refractivity contribution in [2.75, 3.05) is 7.11 Å². The molecular formula is C19H14FNO3. The summed E-state index contributed by atoms with van der Waals surface area (Å²) in [4.78, 5) is 15.9. The van der Waals surface area contributed by atoms with Gasteiger partial charge in [0.15, 0.2) is 5.70 Å². The second-order valence-corrected chi connectivity index (χ2v) is 4.94. The maximum absolute atomic E-state index is 13.7. The summed E-state index contributed by atoms with van der Waals surface area (Å²) in [6.45, 7) is 0. The lowest BCUT2D eigenvalue weighted by molar-refractivity contribution is -0.130. The summed E-state index contributed by atoms with van der Waals surface area (Å²) >= 11 is 0. The van der Waals surface area contributed by atoms with Crippen LogP contribution in [0.2, 0.25) is 0 Å². The molecule has 0 amide bonds. The molecule has 0 bridgehead atoms. The molecule has 1 aliphatic rings. The Kier molecular flexibility index (Phi) is 4.52. The molecule has 24 heavy (non-hydrogen) atoms. The minimum absolute atomic E-state index is 0.0324. The molecule has 4 nitrogen and oxygen atoms in total. The molecule has 0 spiro atoms. The number of rotatable bonds is 4. The summed E-state index contributed by atoms with van der Waals surface area (Å²) in [6, 6.07) is 13.5. The van der Waals surface area contributed by atoms with Gasteiger partial charge >= 0.3 is 5.97 Å². The number of para-hydroxylation sites is 1. The number of hydrogen-bond donors (Lipinski definition) is 0. The topological polar surface area (TPSA) is 47.9 Å². The Hall–Kier alpha value is -3.21. The van der Waals surface area contributed by atoms with E-state index in [0.717, 1.165) is 11.3 Å². The van der Waals surface area contributed by atoms with Gasteiger partial charge in [0.25, 0.3) is 0 Å². The zero-order valence-corrected chi connectivity index (χ0v) is 12.9. The van der Waals surface area contributed by atoms with Crippen LogP contribution >= 0.6 is 0 Å². The maximum Gasteiger partial charge on any atom is 0.363 e. The third-order valence-electron chi connectivity index (χ3n) is 3.39. The largest absolute Gasteiger partial charge is 0.496 e. The Bertz CT molecular complexity index is 868. The Morgan fingerprint density at radius 2 is 1.88 bits per heavy atom. The molecule has 0 unspecified atom stereocenters. The fourth-order valence-electron chi connectivity index (χ4n) is 2.22. The molecule has 0 fully saturated rings. The number of allylic oxidation sites excluding steroid dienone is 2. The van der Waals surface area contributed by atoms with Gasteiger partial charge in [-0.1, -0.05) is 42.5 Å². The smallest absolute Gasteiger partial charge is 0.363 e. The summed E-state index contributed by atoms with van der Waals surface area (Å²) in [7, 11) is 1.59. The van der Waals surface area contributed by atoms with Crippen molar-refractivity contribution in [3.8, 4) is 5.75 Å². The molecule has 2 aromatic rings. The van der Waals surface area contributed by atoms with E-state index in [4.69, 9.17) is 9.47 Å². The Morgan fingerprint density at radius 1 is 1.12 bits per heavy atom. The van der Waals surface area contributed by atoms with Gasteiger partial charge in [-0.3, -0.25) is 0 Å². The van der Waals surface area contributed by atoms with Gasteiger partial charge in [0.2, 0.25) is 5.90 Å². The van der Waals surface area contributed by atoms with Gasteiger partial charge in [0.05, 0.1) is 12.7 Å². The van der Waals surface area contributed by atoms with Gasteiger partial charge in [-0.25, -0.2) is 14.2 Å². The van der Waals surface area contributed by atoms with Crippen LogP contribution in [-0.4, -0.2) is 19.0 Å². The third kappa shape index (κ3) is 3.25. The highest BCUT2D eigenvalue weighted by molar-refractivity contribution is 6.11. The van der Waals surface area contributed by atoms with E-state index < -0.39 is 11.8 Å². The molecule has 0 saturated carbocycles. The van der Waals surface area contributed by atoms with E-state index in [1.54, 1.807) is 31.4 Å². The molecule has 1 aliphatic heterocycles. The van der Waals surface area contributed by atoms with Gasteiger partial charge in [0.1, 0.15) is 11.6 Å². The number of carbonyl (C=O) groups excluding carboxylic acids is 1. The van der Waals surface area contributed by atoms with Gasteiger partial charge < -0.3 is 9.47 Å². The van der Waals surface area contributed by atoms with Crippen molar-refractivity contribution in [3.05, 3.63) is 83.3 Å². The first-order chi connectivity index (χ1) is 11.7. The van der Waals surface area contributed by atoms with Crippen molar-refractivity contribution in [1.82, 2.24) is 0 Å². The van der Waals surface area contributed by atoms with Gasteiger partial charge in [-0.2, -0.15) is 0 Å². The number of esters is 1. The highest BCUT2D eigenvalue weighted by atomic mass is 19.1. The summed E-state index contributed by atoms with van der Waals surface area (Å²) in [5.41, 5.74) is 1.13. The van der Waals surface area contributed by atoms with Crippen molar-refractivity contribution >= 4 is 17.9 Å². The van der Waals surface area contributed by atoms with Crippen LogP contribution in [0.1, 0.15) is 11.1 Å². The zero-order chi connectivity index (χ0) is 16.9. The molecule has 0 aliphatic carbocycles. The van der Waals surface area contributed by atoms with Crippen LogP contribution in [0.3, 0.4) is 0 Å². The molecular weight excluding hydrogens is 309 g/mol. The molecule has 0 atom stereocenters. The number of methoxy groups -OCH3 is 1. The molecule has 3 rings (SSSR count). The molecule has 120 valence electrons. The number of ether oxygens (including phenoxy) is 2. The number of hydrogen-bond acceptors (Lipinski definition) is 4. The number of nitrogens with zero attached hydrogens (tertiary/aromatic N) is 1. The quantitative estimate of drug-likeness (QED) is 0.636. The van der Waals surface area contributed by atoms with Crippen LogP contribution in [0.25, 0.3) is 6.08 Å². The third-order valence-corrected chi connectivity index (χ3v) is 3.39. The van der Waals surface area contributed by atoms with Crippen LogP contribution < -0.4 is 4.74 Å². The van der Waals surface area contributed by atoms with Crippen molar-refractivity contribution < 1.29 is 18.7 Å². The summed E-state index contributed by atoms with van der Waals surface area (Å²) in [6.07, 6.45) is 4.97. The predicted octanol–water partition coefficient (Wildman–Crippen LogP) is 3.74. The van der Waals surface area contributed by atoms with Crippen LogP contribution in [0.15, 0.2) is 71.4 Å². The van der Waals surface area contributed by atoms with Crippen LogP contribution in [0, 0.1) is 5.82 Å². The first-order valence-electron chi connectivity index (χ1n) is 7.26. The van der Waals surface area contributed by atoms with Crippen molar-refractivity contribution in [1.29, 1.82) is 0 Å². The average Bonchev–Trinajstić information content (AvgIpc) is 2.96. The van der Waals surface area contributed by atoms with Crippen LogP contribution in [0.4, 0.5) is 4.39 Å². The number of carbonyl (C=O) groups is 1. The van der Waals surface area contributed by atoms with Crippen molar-refractivity contribution in [2.24, 2.45) is 4.99 Å². The van der Waals surface area contributed by atoms with Gasteiger partial charge in [-0.05, 0) is 24.3 Å². The van der Waals surface area contributed by atoms with Crippen molar-refractivity contribution in [3.63, 3.8) is 0 Å². The molecule has 0 radical (unpaired) electrons. The lowest BCUT2D eigenvalue weighted by Gasteiger charge is -2.02. The second-order valence-electron chi connectivity index (χ2n) is 4.94. The number of aliphatic imine (C=N–C) groups is 1. The highest BCUT2D eigenvalue weighted by Crippen LogP contribution is 2.21. The number of benzene rings is 2. The van der Waals surface area contributed by atoms with Gasteiger partial charge in [0, 0.05) is 5.56 Å². The molecule has 1 heterocycles. The van der Waals surface area contributed by atoms with Crippen LogP contribution in [-0.2, 0) is 9.53 Å². The monoisotopic (exact) mass is 323 g/mol. The molecule has 0 aromatic heterocycles. The normalized spacial score (nSPS) is 15.7. The number of halogens is 1.